The molecule has 0 spiro atoms. The zero-order valence-corrected chi connectivity index (χ0v) is 10.7. The largest absolute Gasteiger partial charge is 0.369 e. The molecule has 1 unspecified atom stereocenters. The first-order valence-electron chi connectivity index (χ1n) is 5.65. The van der Waals surface area contributed by atoms with Crippen molar-refractivity contribution in [3.8, 4) is 0 Å². The van der Waals surface area contributed by atoms with E-state index >= 15 is 0 Å². The van der Waals surface area contributed by atoms with Crippen molar-refractivity contribution in [3.63, 3.8) is 0 Å². The molecule has 0 aliphatic carbocycles. The van der Waals surface area contributed by atoms with Crippen molar-refractivity contribution in [2.24, 2.45) is 0 Å². The molecule has 0 amide bonds. The maximum atomic E-state index is 6.33. The summed E-state index contributed by atoms with van der Waals surface area (Å²) in [6, 6.07) is 2.01. The number of rotatable bonds is 0. The fourth-order valence-corrected chi connectivity index (χ4v) is 3.37. The van der Waals surface area contributed by atoms with Crippen molar-refractivity contribution in [1.82, 2.24) is 5.32 Å². The van der Waals surface area contributed by atoms with Crippen molar-refractivity contribution >= 4 is 28.9 Å². The summed E-state index contributed by atoms with van der Waals surface area (Å²) in [7, 11) is 0. The normalized spacial score (nSPS) is 23.2. The Balaban J connectivity index is 2.26. The molecule has 0 fully saturated rings. The van der Waals surface area contributed by atoms with Gasteiger partial charge in [-0.05, 0) is 11.6 Å². The van der Waals surface area contributed by atoms with E-state index in [4.69, 9.17) is 23.2 Å². The fraction of sp³-hybridized carbons (Fsp3) is 0.500. The molecular formula is C12H14Cl2N2. The van der Waals surface area contributed by atoms with Crippen LogP contribution in [0.4, 0.5) is 5.69 Å². The van der Waals surface area contributed by atoms with Gasteiger partial charge >= 0.3 is 0 Å². The third-order valence-corrected chi connectivity index (χ3v) is 4.29. The zero-order valence-electron chi connectivity index (χ0n) is 9.19. The molecule has 86 valence electrons. The molecule has 1 aromatic carbocycles. The molecule has 2 heterocycles. The van der Waals surface area contributed by atoms with Gasteiger partial charge in [-0.15, -0.1) is 0 Å². The van der Waals surface area contributed by atoms with Crippen molar-refractivity contribution in [2.75, 3.05) is 24.5 Å². The number of hydrogen-bond donors (Lipinski definition) is 1. The van der Waals surface area contributed by atoms with E-state index in [0.29, 0.717) is 10.9 Å². The van der Waals surface area contributed by atoms with Gasteiger partial charge in [-0.1, -0.05) is 30.1 Å². The zero-order chi connectivity index (χ0) is 11.3. The molecule has 1 N–H and O–H groups in total. The first-order valence-corrected chi connectivity index (χ1v) is 6.40. The van der Waals surface area contributed by atoms with E-state index in [1.807, 2.05) is 6.07 Å². The first-order chi connectivity index (χ1) is 7.68. The lowest BCUT2D eigenvalue weighted by Gasteiger charge is -2.18. The molecule has 2 nitrogen and oxygen atoms in total. The molecule has 0 saturated heterocycles. The Morgan fingerprint density at radius 1 is 1.44 bits per heavy atom. The predicted molar refractivity (Wildman–Crippen MR) is 68.8 cm³/mol. The van der Waals surface area contributed by atoms with Crippen LogP contribution in [-0.4, -0.2) is 19.6 Å². The van der Waals surface area contributed by atoms with E-state index in [0.717, 1.165) is 31.2 Å². The molecule has 0 radical (unpaired) electrons. The highest BCUT2D eigenvalue weighted by atomic mass is 35.5. The molecule has 16 heavy (non-hydrogen) atoms. The molecule has 3 rings (SSSR count). The van der Waals surface area contributed by atoms with E-state index in [1.54, 1.807) is 0 Å². The minimum absolute atomic E-state index is 0.484. The van der Waals surface area contributed by atoms with Gasteiger partial charge in [0.05, 0.1) is 10.0 Å². The van der Waals surface area contributed by atoms with Gasteiger partial charge in [-0.2, -0.15) is 0 Å². The van der Waals surface area contributed by atoms with Gasteiger partial charge in [0, 0.05) is 43.3 Å². The van der Waals surface area contributed by atoms with Crippen LogP contribution in [0.25, 0.3) is 0 Å². The average Bonchev–Trinajstić information content (AvgIpc) is 2.45. The quantitative estimate of drug-likeness (QED) is 0.768. The summed E-state index contributed by atoms with van der Waals surface area (Å²) in [6.45, 7) is 6.25. The number of nitrogens with zero attached hydrogens (tertiary/aromatic N) is 1. The number of hydrogen-bond acceptors (Lipinski definition) is 2. The minimum atomic E-state index is 0.484. The molecule has 0 bridgehead atoms. The van der Waals surface area contributed by atoms with E-state index < -0.39 is 0 Å². The Hall–Kier alpha value is -0.440. The monoisotopic (exact) mass is 256 g/mol. The Morgan fingerprint density at radius 2 is 2.25 bits per heavy atom. The summed E-state index contributed by atoms with van der Waals surface area (Å²) in [5.74, 6) is 0.484. The van der Waals surface area contributed by atoms with Crippen LogP contribution in [-0.2, 0) is 6.54 Å². The highest BCUT2D eigenvalue weighted by molar-refractivity contribution is 6.43. The molecule has 4 heteroatoms. The first kappa shape index (κ1) is 10.7. The summed E-state index contributed by atoms with van der Waals surface area (Å²) < 4.78 is 0. The molecule has 1 aromatic rings. The lowest BCUT2D eigenvalue weighted by atomic mass is 10.0. The Bertz CT molecular complexity index is 445. The van der Waals surface area contributed by atoms with Crippen LogP contribution >= 0.6 is 23.2 Å². The van der Waals surface area contributed by atoms with Gasteiger partial charge in [0.25, 0.3) is 0 Å². The maximum Gasteiger partial charge on any atom is 0.0648 e. The molecule has 2 aliphatic heterocycles. The van der Waals surface area contributed by atoms with Crippen molar-refractivity contribution < 1.29 is 0 Å². The highest BCUT2D eigenvalue weighted by Crippen LogP contribution is 2.46. The molecular weight excluding hydrogens is 243 g/mol. The van der Waals surface area contributed by atoms with Crippen LogP contribution in [0.5, 0.6) is 0 Å². The van der Waals surface area contributed by atoms with Crippen molar-refractivity contribution in [1.29, 1.82) is 0 Å². The van der Waals surface area contributed by atoms with Crippen LogP contribution in [0, 0.1) is 0 Å². The van der Waals surface area contributed by atoms with Crippen LogP contribution in [0.15, 0.2) is 6.07 Å². The second kappa shape index (κ2) is 3.80. The smallest absolute Gasteiger partial charge is 0.0648 e. The van der Waals surface area contributed by atoms with Gasteiger partial charge in [0.2, 0.25) is 0 Å². The number of anilines is 1. The summed E-state index contributed by atoms with van der Waals surface area (Å²) >= 11 is 12.5. The number of nitrogens with one attached hydrogen (secondary N) is 1. The van der Waals surface area contributed by atoms with Gasteiger partial charge in [0.1, 0.15) is 0 Å². The van der Waals surface area contributed by atoms with Crippen LogP contribution in [0.1, 0.15) is 24.0 Å². The maximum absolute atomic E-state index is 6.33. The highest BCUT2D eigenvalue weighted by Gasteiger charge is 2.32. The third-order valence-electron chi connectivity index (χ3n) is 3.48. The second-order valence-corrected chi connectivity index (χ2v) is 5.40. The standard InChI is InChI=1S/C12H14Cl2N2/c1-7-6-16-3-2-15-5-8-4-9(13)11(14)10(7)12(8)16/h4,7,15H,2-3,5-6H2,1H3. The summed E-state index contributed by atoms with van der Waals surface area (Å²) in [5, 5.41) is 4.85. The lowest BCUT2D eigenvalue weighted by Crippen LogP contribution is -2.27. The predicted octanol–water partition coefficient (Wildman–Crippen LogP) is 3.02. The molecule has 2 aliphatic rings. The molecule has 0 saturated carbocycles. The van der Waals surface area contributed by atoms with Gasteiger partial charge in [-0.3, -0.25) is 0 Å². The van der Waals surface area contributed by atoms with Crippen molar-refractivity contribution in [2.45, 2.75) is 19.4 Å². The Labute approximate surface area is 106 Å². The summed E-state index contributed by atoms with van der Waals surface area (Å²) in [6.07, 6.45) is 0. The fourth-order valence-electron chi connectivity index (χ4n) is 2.80. The summed E-state index contributed by atoms with van der Waals surface area (Å²) in [4.78, 5) is 2.43. The van der Waals surface area contributed by atoms with Gasteiger partial charge in [-0.25, -0.2) is 0 Å². The van der Waals surface area contributed by atoms with E-state index in [2.05, 4.69) is 17.1 Å². The van der Waals surface area contributed by atoms with Gasteiger partial charge < -0.3 is 10.2 Å². The van der Waals surface area contributed by atoms with E-state index in [-0.39, 0.29) is 0 Å². The molecule has 0 aromatic heterocycles. The van der Waals surface area contributed by atoms with Gasteiger partial charge in [0.15, 0.2) is 0 Å². The Morgan fingerprint density at radius 3 is 3.06 bits per heavy atom. The average molecular weight is 257 g/mol. The van der Waals surface area contributed by atoms with E-state index in [1.165, 1.54) is 16.8 Å². The SMILES string of the molecule is CC1CN2CCNCc3cc(Cl)c(Cl)c1c32. The topological polar surface area (TPSA) is 15.3 Å². The third kappa shape index (κ3) is 1.44. The molecule has 1 atom stereocenters. The second-order valence-electron chi connectivity index (χ2n) is 4.62. The number of halogens is 2. The van der Waals surface area contributed by atoms with Crippen LogP contribution in [0.2, 0.25) is 10.0 Å². The Kier molecular flexibility index (Phi) is 2.54. The van der Waals surface area contributed by atoms with Crippen molar-refractivity contribution in [3.05, 3.63) is 27.2 Å². The van der Waals surface area contributed by atoms with E-state index in [9.17, 15) is 0 Å². The lowest BCUT2D eigenvalue weighted by molar-refractivity contribution is 0.674. The minimum Gasteiger partial charge on any atom is -0.369 e. The van der Waals surface area contributed by atoms with Crippen LogP contribution in [0.3, 0.4) is 0 Å². The van der Waals surface area contributed by atoms with Crippen LogP contribution < -0.4 is 10.2 Å². The number of benzene rings is 1. The summed E-state index contributed by atoms with van der Waals surface area (Å²) in [5.41, 5.74) is 3.85.